The first-order chi connectivity index (χ1) is 16.5. The van der Waals surface area contributed by atoms with Crippen molar-refractivity contribution >= 4 is 5.78 Å². The molecule has 1 fully saturated rings. The molecule has 4 rings (SSSR count). The van der Waals surface area contributed by atoms with Crippen molar-refractivity contribution in [3.8, 4) is 0 Å². The number of carbonyl (C=O) groups excluding carboxylic acids is 1. The Morgan fingerprint density at radius 3 is 2.31 bits per heavy atom. The lowest BCUT2D eigenvalue weighted by Crippen LogP contribution is -2.57. The summed E-state index contributed by atoms with van der Waals surface area (Å²) >= 11 is 0. The Bertz CT molecular complexity index is 972. The molecule has 0 amide bonds. The first kappa shape index (κ1) is 27.8. The van der Waals surface area contributed by atoms with E-state index < -0.39 is 34.1 Å². The van der Waals surface area contributed by atoms with Crippen molar-refractivity contribution in [1.29, 1.82) is 0 Å². The van der Waals surface area contributed by atoms with E-state index >= 15 is 0 Å². The molecule has 0 bridgehead atoms. The summed E-state index contributed by atoms with van der Waals surface area (Å²) in [5.41, 5.74) is -0.466. The van der Waals surface area contributed by atoms with Crippen LogP contribution in [0, 0.1) is 39.4 Å². The third kappa shape index (κ3) is 3.69. The number of fused-ring (bicyclic) bond motifs is 4. The zero-order valence-electron chi connectivity index (χ0n) is 23.3. The van der Waals surface area contributed by atoms with Crippen molar-refractivity contribution in [3.05, 3.63) is 23.0 Å². The van der Waals surface area contributed by atoms with Gasteiger partial charge in [-0.1, -0.05) is 45.8 Å². The lowest BCUT2D eigenvalue weighted by molar-refractivity contribution is -0.134. The lowest BCUT2D eigenvalue weighted by Gasteiger charge is -2.61. The third-order valence-electron chi connectivity index (χ3n) is 11.6. The summed E-state index contributed by atoms with van der Waals surface area (Å²) in [7, 11) is 0. The molecule has 0 aliphatic heterocycles. The van der Waals surface area contributed by atoms with Gasteiger partial charge >= 0.3 is 0 Å². The van der Waals surface area contributed by atoms with Crippen LogP contribution in [-0.2, 0) is 4.79 Å². The maximum atomic E-state index is 12.8. The number of aliphatic hydroxyl groups is 5. The summed E-state index contributed by atoms with van der Waals surface area (Å²) in [5.74, 6) is -0.271. The van der Waals surface area contributed by atoms with Crippen LogP contribution in [0.2, 0.25) is 0 Å². The molecule has 0 aromatic heterocycles. The lowest BCUT2D eigenvalue weighted by atomic mass is 9.44. The number of carbonyl (C=O) groups is 1. The van der Waals surface area contributed by atoms with E-state index in [1.54, 1.807) is 19.9 Å². The van der Waals surface area contributed by atoms with Gasteiger partial charge in [0.2, 0.25) is 5.78 Å². The second kappa shape index (κ2) is 8.65. The fraction of sp³-hybridized carbons (Fsp3) is 0.833. The SMILES string of the molecule is CC(C)(O)C(O)CCC(CO)C1CCC2(C)C3=C(CC(O)C12C)C1(C)C=C(O)C(=O)C(C)(C)C1CC3. The maximum Gasteiger partial charge on any atom is 0.202 e. The summed E-state index contributed by atoms with van der Waals surface area (Å²) in [6.45, 7) is 13.7. The Kier molecular flexibility index (Phi) is 6.69. The Hall–Kier alpha value is -1.21. The number of hydrogen-bond acceptors (Lipinski definition) is 6. The maximum absolute atomic E-state index is 12.8. The van der Waals surface area contributed by atoms with E-state index in [-0.39, 0.29) is 41.3 Å². The van der Waals surface area contributed by atoms with Gasteiger partial charge in [-0.2, -0.15) is 0 Å². The van der Waals surface area contributed by atoms with Gasteiger partial charge in [0.05, 0.1) is 17.8 Å². The average molecular weight is 505 g/mol. The molecule has 6 nitrogen and oxygen atoms in total. The molecule has 36 heavy (non-hydrogen) atoms. The quantitative estimate of drug-likeness (QED) is 0.341. The first-order valence-corrected chi connectivity index (χ1v) is 13.8. The van der Waals surface area contributed by atoms with Crippen LogP contribution in [0.5, 0.6) is 0 Å². The van der Waals surface area contributed by atoms with E-state index in [0.717, 1.165) is 25.7 Å². The zero-order chi connectivity index (χ0) is 27.1. The highest BCUT2D eigenvalue weighted by atomic mass is 16.3. The summed E-state index contributed by atoms with van der Waals surface area (Å²) in [6.07, 6.45) is 5.31. The van der Waals surface area contributed by atoms with E-state index in [2.05, 4.69) is 20.8 Å². The van der Waals surface area contributed by atoms with Gasteiger partial charge in [-0.25, -0.2) is 0 Å². The molecule has 0 aromatic rings. The Labute approximate surface area is 216 Å². The molecular weight excluding hydrogens is 456 g/mol. The fourth-order valence-corrected chi connectivity index (χ4v) is 9.15. The minimum Gasteiger partial charge on any atom is -0.505 e. The van der Waals surface area contributed by atoms with Gasteiger partial charge in [-0.15, -0.1) is 0 Å². The molecule has 0 saturated heterocycles. The van der Waals surface area contributed by atoms with E-state index in [1.165, 1.54) is 11.1 Å². The topological polar surface area (TPSA) is 118 Å². The molecule has 0 heterocycles. The van der Waals surface area contributed by atoms with Crippen molar-refractivity contribution in [2.45, 2.75) is 111 Å². The van der Waals surface area contributed by atoms with E-state index in [4.69, 9.17) is 0 Å². The van der Waals surface area contributed by atoms with Crippen LogP contribution in [0.15, 0.2) is 23.0 Å². The standard InChI is InChI=1S/C30H48O6/c1-26(2)22-10-9-19-20(28(22,5)15-21(32)25(26)35)14-24(34)30(7)18(12-13-29(19,30)6)17(16-31)8-11-23(33)27(3,4)36/h15,17-18,22-24,31-34,36H,8-14,16H2,1-7H3. The number of rotatable bonds is 6. The van der Waals surface area contributed by atoms with E-state index in [0.29, 0.717) is 19.3 Å². The van der Waals surface area contributed by atoms with Crippen LogP contribution < -0.4 is 0 Å². The number of allylic oxidation sites excluding steroid dienone is 3. The van der Waals surface area contributed by atoms with E-state index in [1.807, 2.05) is 13.8 Å². The van der Waals surface area contributed by atoms with Gasteiger partial charge < -0.3 is 25.5 Å². The zero-order valence-corrected chi connectivity index (χ0v) is 23.3. The Morgan fingerprint density at radius 2 is 1.72 bits per heavy atom. The van der Waals surface area contributed by atoms with Gasteiger partial charge in [-0.05, 0) is 88.0 Å². The second-order valence-corrected chi connectivity index (χ2v) is 14.1. The van der Waals surface area contributed by atoms with Crippen LogP contribution in [0.4, 0.5) is 0 Å². The minimum atomic E-state index is -1.19. The van der Waals surface area contributed by atoms with Crippen LogP contribution in [0.25, 0.3) is 0 Å². The molecule has 0 aromatic carbocycles. The monoisotopic (exact) mass is 504 g/mol. The van der Waals surface area contributed by atoms with Gasteiger partial charge in [0, 0.05) is 22.9 Å². The molecule has 0 spiro atoms. The number of ketones is 1. The van der Waals surface area contributed by atoms with Crippen molar-refractivity contribution in [2.75, 3.05) is 6.61 Å². The summed E-state index contributed by atoms with van der Waals surface area (Å²) in [6, 6.07) is 0. The number of hydrogen-bond donors (Lipinski definition) is 5. The van der Waals surface area contributed by atoms with Gasteiger partial charge in [-0.3, -0.25) is 4.79 Å². The molecule has 8 atom stereocenters. The molecule has 8 unspecified atom stereocenters. The normalized spacial score (nSPS) is 41.8. The predicted octanol–water partition coefficient (Wildman–Crippen LogP) is 4.46. The molecule has 204 valence electrons. The Morgan fingerprint density at radius 1 is 1.08 bits per heavy atom. The minimum absolute atomic E-state index is 0.0137. The van der Waals surface area contributed by atoms with Crippen LogP contribution in [-0.4, -0.2) is 55.7 Å². The predicted molar refractivity (Wildman–Crippen MR) is 139 cm³/mol. The van der Waals surface area contributed by atoms with Crippen LogP contribution in [0.1, 0.15) is 93.4 Å². The van der Waals surface area contributed by atoms with Crippen molar-refractivity contribution in [1.82, 2.24) is 0 Å². The first-order valence-electron chi connectivity index (χ1n) is 13.8. The highest BCUT2D eigenvalue weighted by molar-refractivity contribution is 5.99. The molecule has 4 aliphatic rings. The summed E-state index contributed by atoms with van der Waals surface area (Å²) in [5, 5.41) is 53.5. The Balaban J connectivity index is 1.73. The highest BCUT2D eigenvalue weighted by Gasteiger charge is 2.66. The molecule has 5 N–H and O–H groups in total. The van der Waals surface area contributed by atoms with Crippen molar-refractivity contribution < 1.29 is 30.3 Å². The van der Waals surface area contributed by atoms with Crippen LogP contribution >= 0.6 is 0 Å². The molecule has 1 saturated carbocycles. The van der Waals surface area contributed by atoms with E-state index in [9.17, 15) is 30.3 Å². The fourth-order valence-electron chi connectivity index (χ4n) is 9.15. The van der Waals surface area contributed by atoms with Crippen molar-refractivity contribution in [2.24, 2.45) is 39.4 Å². The van der Waals surface area contributed by atoms with Gasteiger partial charge in [0.15, 0.2) is 5.76 Å². The molecular formula is C30H48O6. The second-order valence-electron chi connectivity index (χ2n) is 14.1. The molecule has 0 radical (unpaired) electrons. The van der Waals surface area contributed by atoms with Gasteiger partial charge in [0.25, 0.3) is 0 Å². The smallest absolute Gasteiger partial charge is 0.202 e. The van der Waals surface area contributed by atoms with Gasteiger partial charge in [0.1, 0.15) is 0 Å². The summed E-state index contributed by atoms with van der Waals surface area (Å²) < 4.78 is 0. The number of aliphatic hydroxyl groups excluding tert-OH is 4. The molecule has 6 heteroatoms. The molecule has 4 aliphatic carbocycles. The highest BCUT2D eigenvalue weighted by Crippen LogP contribution is 2.71. The summed E-state index contributed by atoms with van der Waals surface area (Å²) in [4.78, 5) is 12.8. The largest absolute Gasteiger partial charge is 0.505 e. The average Bonchev–Trinajstić information content (AvgIpc) is 3.06. The number of Topliss-reactive ketones (excluding diaryl/α,β-unsaturated/α-hetero) is 1. The van der Waals surface area contributed by atoms with Crippen molar-refractivity contribution in [3.63, 3.8) is 0 Å². The van der Waals surface area contributed by atoms with Crippen LogP contribution in [0.3, 0.4) is 0 Å². The third-order valence-corrected chi connectivity index (χ3v) is 11.6.